The highest BCUT2D eigenvalue weighted by molar-refractivity contribution is 6.70. The lowest BCUT2D eigenvalue weighted by Gasteiger charge is -2.24. The molecule has 0 radical (unpaired) electrons. The Labute approximate surface area is 114 Å². The molecule has 1 aromatic rings. The fraction of sp³-hybridized carbons (Fsp3) is 0.467. The van der Waals surface area contributed by atoms with E-state index in [1.54, 1.807) is 6.92 Å². The minimum atomic E-state index is -2.84. The summed E-state index contributed by atoms with van der Waals surface area (Å²) in [5.41, 5.74) is 1.62. The average molecular weight is 282 g/mol. The van der Waals surface area contributed by atoms with E-state index in [1.807, 2.05) is 50.0 Å². The maximum atomic E-state index is 14.2. The zero-order valence-electron chi connectivity index (χ0n) is 11.8. The van der Waals surface area contributed by atoms with Gasteiger partial charge in [-0.25, -0.2) is 0 Å². The molecule has 0 spiro atoms. The van der Waals surface area contributed by atoms with Gasteiger partial charge in [-0.1, -0.05) is 30.3 Å². The van der Waals surface area contributed by atoms with E-state index in [0.717, 1.165) is 5.56 Å². The zero-order valence-corrected chi connectivity index (χ0v) is 12.8. The fourth-order valence-corrected chi connectivity index (χ4v) is 3.39. The Kier molecular flexibility index (Phi) is 3.56. The van der Waals surface area contributed by atoms with Crippen LogP contribution in [0, 0.1) is 0 Å². The topological polar surface area (TPSA) is 9.23 Å². The molecule has 19 heavy (non-hydrogen) atoms. The van der Waals surface area contributed by atoms with Crippen LogP contribution >= 0.6 is 0 Å². The summed E-state index contributed by atoms with van der Waals surface area (Å²) in [5, 5.41) is 0. The maximum Gasteiger partial charge on any atom is 0.303 e. The van der Waals surface area contributed by atoms with Gasteiger partial charge in [0, 0.05) is 12.3 Å². The molecule has 0 aliphatic heterocycles. The molecule has 0 saturated heterocycles. The molecule has 0 bridgehead atoms. The molecule has 104 valence electrons. The molecule has 0 aromatic heterocycles. The summed E-state index contributed by atoms with van der Waals surface area (Å²) in [6, 6.07) is 9.48. The van der Waals surface area contributed by atoms with Gasteiger partial charge in [0.05, 0.1) is 0 Å². The van der Waals surface area contributed by atoms with Crippen LogP contribution < -0.4 is 0 Å². The third-order valence-corrected chi connectivity index (χ3v) is 4.10. The van der Waals surface area contributed by atoms with Crippen LogP contribution in [0.5, 0.6) is 0 Å². The lowest BCUT2D eigenvalue weighted by molar-refractivity contribution is 0.00542. The number of hydrogen-bond donors (Lipinski definition) is 0. The molecule has 0 saturated carbocycles. The highest BCUT2D eigenvalue weighted by Gasteiger charge is 2.48. The lowest BCUT2D eigenvalue weighted by atomic mass is 9.93. The number of allylic oxidation sites excluding steroid dienone is 2. The standard InChI is InChI=1S/C15H20F2OSi/c1-11-13(12-8-6-5-7-9-12)10-15(16,17)14(11)18-19(2,3)4/h5-9,13H,10H2,1-4H3. The van der Waals surface area contributed by atoms with Gasteiger partial charge in [0.25, 0.3) is 0 Å². The van der Waals surface area contributed by atoms with Crippen molar-refractivity contribution >= 4 is 8.32 Å². The SMILES string of the molecule is CC1=C(O[Si](C)(C)C)C(F)(F)CC1c1ccccc1. The first-order valence-electron chi connectivity index (χ1n) is 6.54. The van der Waals surface area contributed by atoms with Crippen LogP contribution in [0.3, 0.4) is 0 Å². The van der Waals surface area contributed by atoms with Crippen LogP contribution in [-0.2, 0) is 4.43 Å². The third kappa shape index (κ3) is 3.05. The molecular weight excluding hydrogens is 262 g/mol. The molecule has 1 aliphatic carbocycles. The number of benzene rings is 1. The second-order valence-electron chi connectivity index (χ2n) is 6.10. The highest BCUT2D eigenvalue weighted by atomic mass is 28.4. The Morgan fingerprint density at radius 1 is 1.16 bits per heavy atom. The van der Waals surface area contributed by atoms with Crippen molar-refractivity contribution in [3.8, 4) is 0 Å². The molecule has 1 aliphatic rings. The molecule has 2 rings (SSSR count). The maximum absolute atomic E-state index is 14.2. The monoisotopic (exact) mass is 282 g/mol. The first-order valence-corrected chi connectivity index (χ1v) is 9.94. The van der Waals surface area contributed by atoms with Crippen molar-refractivity contribution in [1.29, 1.82) is 0 Å². The van der Waals surface area contributed by atoms with Crippen LogP contribution in [0.25, 0.3) is 0 Å². The molecule has 0 amide bonds. The van der Waals surface area contributed by atoms with Crippen molar-refractivity contribution in [1.82, 2.24) is 0 Å². The van der Waals surface area contributed by atoms with Crippen LogP contribution in [0.2, 0.25) is 19.6 Å². The van der Waals surface area contributed by atoms with Crippen LogP contribution in [0.1, 0.15) is 24.8 Å². The van der Waals surface area contributed by atoms with E-state index in [1.165, 1.54) is 0 Å². The van der Waals surface area contributed by atoms with Crippen molar-refractivity contribution in [2.45, 2.75) is 44.8 Å². The van der Waals surface area contributed by atoms with E-state index in [2.05, 4.69) is 0 Å². The van der Waals surface area contributed by atoms with E-state index in [4.69, 9.17) is 4.43 Å². The molecule has 0 fully saturated rings. The second-order valence-corrected chi connectivity index (χ2v) is 10.5. The van der Waals surface area contributed by atoms with E-state index in [-0.39, 0.29) is 18.1 Å². The first kappa shape index (κ1) is 14.3. The van der Waals surface area contributed by atoms with Crippen molar-refractivity contribution in [2.24, 2.45) is 0 Å². The number of rotatable bonds is 3. The smallest absolute Gasteiger partial charge is 0.303 e. The van der Waals surface area contributed by atoms with E-state index in [9.17, 15) is 8.78 Å². The molecule has 1 atom stereocenters. The molecule has 0 N–H and O–H groups in total. The molecule has 1 unspecified atom stereocenters. The molecule has 1 nitrogen and oxygen atoms in total. The Morgan fingerprint density at radius 3 is 2.26 bits per heavy atom. The van der Waals surface area contributed by atoms with Crippen molar-refractivity contribution in [2.75, 3.05) is 0 Å². The van der Waals surface area contributed by atoms with E-state index < -0.39 is 14.2 Å². The van der Waals surface area contributed by atoms with Gasteiger partial charge in [0.15, 0.2) is 0 Å². The normalized spacial score (nSPS) is 22.7. The summed E-state index contributed by atoms with van der Waals surface area (Å²) in [6.45, 7) is 7.56. The van der Waals surface area contributed by atoms with Crippen molar-refractivity contribution in [3.05, 3.63) is 47.2 Å². The quantitative estimate of drug-likeness (QED) is 0.714. The minimum Gasteiger partial charge on any atom is -0.543 e. The number of halogens is 2. The third-order valence-electron chi connectivity index (χ3n) is 3.28. The predicted molar refractivity (Wildman–Crippen MR) is 75.9 cm³/mol. The van der Waals surface area contributed by atoms with Gasteiger partial charge in [-0.05, 0) is 37.7 Å². The summed E-state index contributed by atoms with van der Waals surface area (Å²) in [5.74, 6) is -3.16. The average Bonchev–Trinajstić information content (AvgIpc) is 2.52. The number of hydrogen-bond acceptors (Lipinski definition) is 1. The van der Waals surface area contributed by atoms with Gasteiger partial charge < -0.3 is 4.43 Å². The van der Waals surface area contributed by atoms with Crippen molar-refractivity contribution < 1.29 is 13.2 Å². The van der Waals surface area contributed by atoms with Crippen LogP contribution in [0.15, 0.2) is 41.7 Å². The van der Waals surface area contributed by atoms with Gasteiger partial charge in [0.2, 0.25) is 8.32 Å². The summed E-state index contributed by atoms with van der Waals surface area (Å²) in [4.78, 5) is 0. The van der Waals surface area contributed by atoms with Gasteiger partial charge in [-0.2, -0.15) is 8.78 Å². The Bertz CT molecular complexity index is 489. The first-order chi connectivity index (χ1) is 8.71. The summed E-state index contributed by atoms with van der Waals surface area (Å²) >= 11 is 0. The van der Waals surface area contributed by atoms with E-state index in [0.29, 0.717) is 5.57 Å². The Balaban J connectivity index is 2.36. The number of alkyl halides is 2. The summed E-state index contributed by atoms with van der Waals surface area (Å²) in [6.07, 6.45) is -0.178. The molecule has 1 aromatic carbocycles. The zero-order chi connectivity index (χ0) is 14.3. The van der Waals surface area contributed by atoms with Crippen LogP contribution in [-0.4, -0.2) is 14.2 Å². The molecular formula is C15H20F2OSi. The van der Waals surface area contributed by atoms with E-state index >= 15 is 0 Å². The largest absolute Gasteiger partial charge is 0.543 e. The molecule has 4 heteroatoms. The predicted octanol–water partition coefficient (Wildman–Crippen LogP) is 4.93. The summed E-state index contributed by atoms with van der Waals surface area (Å²) < 4.78 is 34.0. The minimum absolute atomic E-state index is 0.0829. The fourth-order valence-electron chi connectivity index (χ4n) is 2.46. The highest BCUT2D eigenvalue weighted by Crippen LogP contribution is 2.49. The van der Waals surface area contributed by atoms with Crippen LogP contribution in [0.4, 0.5) is 8.78 Å². The second kappa shape index (κ2) is 4.74. The molecule has 0 heterocycles. The van der Waals surface area contributed by atoms with Gasteiger partial charge in [-0.3, -0.25) is 0 Å². The van der Waals surface area contributed by atoms with Crippen molar-refractivity contribution in [3.63, 3.8) is 0 Å². The lowest BCUT2D eigenvalue weighted by Crippen LogP contribution is -2.30. The Morgan fingerprint density at radius 2 is 1.74 bits per heavy atom. The Hall–Kier alpha value is -1.16. The van der Waals surface area contributed by atoms with Gasteiger partial charge >= 0.3 is 5.92 Å². The van der Waals surface area contributed by atoms with Gasteiger partial charge in [-0.15, -0.1) is 0 Å². The van der Waals surface area contributed by atoms with Gasteiger partial charge in [0.1, 0.15) is 5.76 Å². The summed E-state index contributed by atoms with van der Waals surface area (Å²) in [7, 11) is -2.02.